The smallest absolute Gasteiger partial charge is 0.332 e. The molecule has 1 saturated carbocycles. The summed E-state index contributed by atoms with van der Waals surface area (Å²) in [7, 11) is 0. The highest BCUT2D eigenvalue weighted by atomic mass is 32.1. The SMILES string of the molecule is C=CCn1c(=S)[nH]c2cc(C(=O)NN3C(=O)NC4(CCC(C)CC4)C3=O)ccc2c1=O. The minimum absolute atomic E-state index is 0.179. The van der Waals surface area contributed by atoms with Gasteiger partial charge < -0.3 is 10.3 Å². The molecule has 9 nitrogen and oxygen atoms in total. The Kier molecular flexibility index (Phi) is 5.26. The topological polar surface area (TPSA) is 116 Å². The van der Waals surface area contributed by atoms with Gasteiger partial charge in [-0.15, -0.1) is 6.58 Å². The number of benzene rings is 1. The summed E-state index contributed by atoms with van der Waals surface area (Å²) in [5.74, 6) is -0.579. The molecule has 0 bridgehead atoms. The van der Waals surface area contributed by atoms with E-state index in [1.54, 1.807) is 6.08 Å². The Labute approximate surface area is 183 Å². The largest absolute Gasteiger partial charge is 0.344 e. The average Bonchev–Trinajstić information content (AvgIpc) is 2.97. The standard InChI is InChI=1S/C21H23N5O4S/c1-3-10-25-17(28)14-5-4-13(11-15(14)22-20(25)31)16(27)24-26-18(29)21(23-19(26)30)8-6-12(2)7-9-21/h3-5,11-12H,1,6-10H2,2H3,(H,22,31)(H,23,30)(H,24,27). The van der Waals surface area contributed by atoms with Crippen LogP contribution in [-0.4, -0.2) is 37.9 Å². The highest BCUT2D eigenvalue weighted by molar-refractivity contribution is 7.71. The van der Waals surface area contributed by atoms with Gasteiger partial charge in [-0.05, 0) is 62.0 Å². The van der Waals surface area contributed by atoms with Crippen LogP contribution in [0.15, 0.2) is 35.6 Å². The molecule has 4 rings (SSSR count). The summed E-state index contributed by atoms with van der Waals surface area (Å²) in [6.07, 6.45) is 4.34. The van der Waals surface area contributed by atoms with Crippen LogP contribution < -0.4 is 16.3 Å². The van der Waals surface area contributed by atoms with Crippen molar-refractivity contribution in [1.29, 1.82) is 0 Å². The maximum atomic E-state index is 12.9. The van der Waals surface area contributed by atoms with Gasteiger partial charge in [-0.25, -0.2) is 4.79 Å². The molecule has 1 spiro atoms. The molecule has 0 atom stereocenters. The van der Waals surface area contributed by atoms with Crippen LogP contribution in [0.1, 0.15) is 43.0 Å². The molecule has 1 aliphatic heterocycles. The van der Waals surface area contributed by atoms with Crippen molar-refractivity contribution in [2.24, 2.45) is 5.92 Å². The van der Waals surface area contributed by atoms with Crippen LogP contribution in [0.25, 0.3) is 10.9 Å². The molecule has 4 amide bonds. The Morgan fingerprint density at radius 2 is 2.03 bits per heavy atom. The van der Waals surface area contributed by atoms with Crippen LogP contribution >= 0.6 is 12.2 Å². The molecule has 0 unspecified atom stereocenters. The third-order valence-electron chi connectivity index (χ3n) is 6.06. The van der Waals surface area contributed by atoms with Crippen molar-refractivity contribution in [3.05, 3.63) is 51.5 Å². The van der Waals surface area contributed by atoms with Gasteiger partial charge in [-0.1, -0.05) is 13.0 Å². The van der Waals surface area contributed by atoms with E-state index in [1.807, 2.05) is 0 Å². The predicted molar refractivity (Wildman–Crippen MR) is 117 cm³/mol. The van der Waals surface area contributed by atoms with E-state index >= 15 is 0 Å². The lowest BCUT2D eigenvalue weighted by molar-refractivity contribution is -0.134. The molecule has 3 N–H and O–H groups in total. The van der Waals surface area contributed by atoms with E-state index in [0.29, 0.717) is 29.7 Å². The van der Waals surface area contributed by atoms with E-state index in [-0.39, 0.29) is 22.4 Å². The van der Waals surface area contributed by atoms with Crippen molar-refractivity contribution in [2.75, 3.05) is 0 Å². The lowest BCUT2D eigenvalue weighted by Crippen LogP contribution is -2.51. The first-order chi connectivity index (χ1) is 14.8. The number of rotatable bonds is 4. The van der Waals surface area contributed by atoms with Crippen molar-refractivity contribution in [3.63, 3.8) is 0 Å². The lowest BCUT2D eigenvalue weighted by atomic mass is 9.77. The molecule has 1 aromatic heterocycles. The summed E-state index contributed by atoms with van der Waals surface area (Å²) in [4.78, 5) is 53.6. The number of nitrogens with zero attached hydrogens (tertiary/aromatic N) is 2. The summed E-state index contributed by atoms with van der Waals surface area (Å²) < 4.78 is 1.57. The minimum Gasteiger partial charge on any atom is -0.332 e. The second-order valence-electron chi connectivity index (χ2n) is 8.17. The molecule has 10 heteroatoms. The molecule has 0 radical (unpaired) electrons. The van der Waals surface area contributed by atoms with Gasteiger partial charge >= 0.3 is 6.03 Å². The summed E-state index contributed by atoms with van der Waals surface area (Å²) in [6, 6.07) is 3.80. The van der Waals surface area contributed by atoms with Crippen molar-refractivity contribution in [3.8, 4) is 0 Å². The quantitative estimate of drug-likeness (QED) is 0.383. The zero-order chi connectivity index (χ0) is 22.3. The molecule has 1 aliphatic carbocycles. The van der Waals surface area contributed by atoms with Gasteiger partial charge in [-0.3, -0.25) is 24.4 Å². The Morgan fingerprint density at radius 3 is 2.71 bits per heavy atom. The van der Waals surface area contributed by atoms with E-state index in [9.17, 15) is 19.2 Å². The Morgan fingerprint density at radius 1 is 1.32 bits per heavy atom. The molecule has 162 valence electrons. The fraction of sp³-hybridized carbons (Fsp3) is 0.381. The van der Waals surface area contributed by atoms with Gasteiger partial charge in [0.05, 0.1) is 10.9 Å². The van der Waals surface area contributed by atoms with Crippen LogP contribution in [0.2, 0.25) is 0 Å². The third-order valence-corrected chi connectivity index (χ3v) is 6.38. The fourth-order valence-electron chi connectivity index (χ4n) is 4.17. The predicted octanol–water partition coefficient (Wildman–Crippen LogP) is 2.39. The number of allylic oxidation sites excluding steroid dienone is 1. The average molecular weight is 442 g/mol. The highest BCUT2D eigenvalue weighted by Gasteiger charge is 2.52. The molecular formula is C21H23N5O4S. The number of urea groups is 1. The number of carbonyl (C=O) groups excluding carboxylic acids is 3. The molecule has 2 aliphatic rings. The first kappa shape index (κ1) is 21.0. The number of hydrogen-bond donors (Lipinski definition) is 3. The van der Waals surface area contributed by atoms with Crippen LogP contribution in [-0.2, 0) is 11.3 Å². The third kappa shape index (κ3) is 3.56. The summed E-state index contributed by atoms with van der Waals surface area (Å²) in [6.45, 7) is 5.99. The first-order valence-corrected chi connectivity index (χ1v) is 10.5. The molecule has 1 aromatic carbocycles. The molecule has 31 heavy (non-hydrogen) atoms. The summed E-state index contributed by atoms with van der Waals surface area (Å²) in [5.41, 5.74) is 1.72. The molecular weight excluding hydrogens is 418 g/mol. The number of amides is 4. The number of imide groups is 1. The normalized spacial score (nSPS) is 23.3. The van der Waals surface area contributed by atoms with Gasteiger partial charge in [0.25, 0.3) is 17.4 Å². The monoisotopic (exact) mass is 441 g/mol. The summed E-state index contributed by atoms with van der Waals surface area (Å²) >= 11 is 5.22. The highest BCUT2D eigenvalue weighted by Crippen LogP contribution is 2.35. The molecule has 2 fully saturated rings. The van der Waals surface area contributed by atoms with E-state index in [4.69, 9.17) is 12.2 Å². The van der Waals surface area contributed by atoms with Gasteiger partial charge in [-0.2, -0.15) is 5.01 Å². The maximum absolute atomic E-state index is 12.9. The zero-order valence-electron chi connectivity index (χ0n) is 17.1. The van der Waals surface area contributed by atoms with Gasteiger partial charge in [0.2, 0.25) is 0 Å². The Balaban J connectivity index is 1.59. The second kappa shape index (κ2) is 7.77. The van der Waals surface area contributed by atoms with E-state index in [2.05, 4.69) is 29.2 Å². The summed E-state index contributed by atoms with van der Waals surface area (Å²) in [5, 5.41) is 3.88. The van der Waals surface area contributed by atoms with Gasteiger partial charge in [0.15, 0.2) is 4.77 Å². The maximum Gasteiger partial charge on any atom is 0.344 e. The van der Waals surface area contributed by atoms with E-state index in [0.717, 1.165) is 17.9 Å². The number of carbonyl (C=O) groups is 3. The number of hydrazine groups is 1. The number of fused-ring (bicyclic) bond motifs is 1. The van der Waals surface area contributed by atoms with E-state index in [1.165, 1.54) is 22.8 Å². The van der Waals surface area contributed by atoms with Crippen LogP contribution in [0.5, 0.6) is 0 Å². The Hall–Kier alpha value is -3.27. The van der Waals surface area contributed by atoms with Crippen molar-refractivity contribution >= 4 is 41.0 Å². The number of H-pyrrole nitrogens is 1. The minimum atomic E-state index is -0.943. The van der Waals surface area contributed by atoms with Crippen LogP contribution in [0.3, 0.4) is 0 Å². The van der Waals surface area contributed by atoms with Crippen LogP contribution in [0, 0.1) is 10.7 Å². The zero-order valence-corrected chi connectivity index (χ0v) is 17.9. The van der Waals surface area contributed by atoms with Crippen molar-refractivity contribution < 1.29 is 14.4 Å². The molecule has 2 aromatic rings. The van der Waals surface area contributed by atoms with Crippen molar-refractivity contribution in [2.45, 2.75) is 44.7 Å². The van der Waals surface area contributed by atoms with Crippen molar-refractivity contribution in [1.82, 2.24) is 25.3 Å². The molecule has 2 heterocycles. The van der Waals surface area contributed by atoms with Crippen LogP contribution in [0.4, 0.5) is 4.79 Å². The lowest BCUT2D eigenvalue weighted by Gasteiger charge is -2.33. The second-order valence-corrected chi connectivity index (χ2v) is 8.56. The van der Waals surface area contributed by atoms with E-state index < -0.39 is 23.4 Å². The first-order valence-electron chi connectivity index (χ1n) is 10.1. The number of hydrogen-bond acceptors (Lipinski definition) is 5. The van der Waals surface area contributed by atoms with Gasteiger partial charge in [0.1, 0.15) is 5.54 Å². The number of nitrogens with one attached hydrogen (secondary N) is 3. The molecule has 1 saturated heterocycles. The van der Waals surface area contributed by atoms with Gasteiger partial charge in [0, 0.05) is 12.1 Å². The number of aromatic amines is 1. The number of aromatic nitrogens is 2. The Bertz CT molecular complexity index is 1220. The fourth-order valence-corrected chi connectivity index (χ4v) is 4.44.